The van der Waals surface area contributed by atoms with Gasteiger partial charge in [0.15, 0.2) is 0 Å². The summed E-state index contributed by atoms with van der Waals surface area (Å²) in [6, 6.07) is -0.0658. The second kappa shape index (κ2) is 6.50. The van der Waals surface area contributed by atoms with Crippen molar-refractivity contribution in [1.29, 1.82) is 0 Å². The molecule has 1 N–H and O–H groups in total. The molecule has 0 aromatic carbocycles. The fourth-order valence-electron chi connectivity index (χ4n) is 3.83. The molecular weight excluding hydrogens is 373 g/mol. The van der Waals surface area contributed by atoms with E-state index in [1.807, 2.05) is 6.92 Å². The predicted octanol–water partition coefficient (Wildman–Crippen LogP) is 3.50. The summed E-state index contributed by atoms with van der Waals surface area (Å²) in [5.74, 6) is -0.0210. The molecule has 7 heteroatoms. The average molecular weight is 398 g/mol. The zero-order valence-corrected chi connectivity index (χ0v) is 16.1. The number of nitrogens with zero attached hydrogens (tertiary/aromatic N) is 1. The molecular formula is C17H25BBrNO4. The second-order valence-corrected chi connectivity index (χ2v) is 9.27. The van der Waals surface area contributed by atoms with E-state index in [1.54, 1.807) is 4.90 Å². The van der Waals surface area contributed by atoms with E-state index < -0.39 is 17.4 Å². The highest BCUT2D eigenvalue weighted by molar-refractivity contribution is 9.10. The summed E-state index contributed by atoms with van der Waals surface area (Å²) >= 11 is 3.87. The number of likely N-dealkylation sites (tertiary alicyclic amines) is 1. The number of hydrogen-bond donors (Lipinski definition) is 1. The molecule has 1 amide bonds. The Kier molecular flexibility index (Phi) is 4.88. The van der Waals surface area contributed by atoms with Gasteiger partial charge in [-0.3, -0.25) is 0 Å². The number of halogens is 1. The molecule has 0 bridgehead atoms. The average Bonchev–Trinajstić information content (AvgIpc) is 2.99. The van der Waals surface area contributed by atoms with Crippen LogP contribution in [0.3, 0.4) is 0 Å². The molecule has 2 aliphatic heterocycles. The lowest BCUT2D eigenvalue weighted by Crippen LogP contribution is -2.58. The lowest BCUT2D eigenvalue weighted by Gasteiger charge is -2.45. The first kappa shape index (κ1) is 18.0. The Morgan fingerprint density at radius 3 is 2.71 bits per heavy atom. The molecule has 1 aliphatic carbocycles. The van der Waals surface area contributed by atoms with Gasteiger partial charge in [0, 0.05) is 37.1 Å². The van der Waals surface area contributed by atoms with E-state index in [4.69, 9.17) is 9.31 Å². The summed E-state index contributed by atoms with van der Waals surface area (Å²) in [6.45, 7) is 8.12. The maximum atomic E-state index is 11.6. The highest BCUT2D eigenvalue weighted by atomic mass is 79.9. The Morgan fingerprint density at radius 2 is 2.08 bits per heavy atom. The van der Waals surface area contributed by atoms with Gasteiger partial charge in [0.1, 0.15) is 0 Å². The van der Waals surface area contributed by atoms with Crippen LogP contribution in [-0.2, 0) is 9.31 Å². The van der Waals surface area contributed by atoms with Gasteiger partial charge >= 0.3 is 13.2 Å². The van der Waals surface area contributed by atoms with Crippen molar-refractivity contribution in [2.75, 3.05) is 19.8 Å². The topological polar surface area (TPSA) is 59.0 Å². The van der Waals surface area contributed by atoms with E-state index in [-0.39, 0.29) is 17.4 Å². The highest BCUT2D eigenvalue weighted by Gasteiger charge is 2.55. The molecule has 3 atom stereocenters. The maximum absolute atomic E-state index is 11.6. The maximum Gasteiger partial charge on any atom is 0.479 e. The molecule has 3 aliphatic rings. The third-order valence-electron chi connectivity index (χ3n) is 5.13. The van der Waals surface area contributed by atoms with Crippen LogP contribution in [0.4, 0.5) is 4.79 Å². The quantitative estimate of drug-likeness (QED) is 0.572. The van der Waals surface area contributed by atoms with Gasteiger partial charge in [0.05, 0.1) is 4.22 Å². The Labute approximate surface area is 152 Å². The van der Waals surface area contributed by atoms with E-state index >= 15 is 0 Å². The van der Waals surface area contributed by atoms with Crippen LogP contribution in [0.25, 0.3) is 0 Å². The Hall–Kier alpha value is -0.785. The first-order valence-electron chi connectivity index (χ1n) is 8.52. The molecule has 2 fully saturated rings. The number of carboxylic acid groups (broad SMARTS) is 1. The van der Waals surface area contributed by atoms with E-state index in [0.29, 0.717) is 19.8 Å². The molecule has 0 spiro atoms. The molecule has 0 saturated carbocycles. The van der Waals surface area contributed by atoms with E-state index in [9.17, 15) is 9.90 Å². The summed E-state index contributed by atoms with van der Waals surface area (Å²) in [7, 11) is -0.424. The second-order valence-electron chi connectivity index (χ2n) is 7.90. The molecule has 5 nitrogen and oxygen atoms in total. The van der Waals surface area contributed by atoms with Crippen molar-refractivity contribution in [2.45, 2.75) is 43.9 Å². The number of carbonyl (C=O) groups is 1. The van der Waals surface area contributed by atoms with Gasteiger partial charge < -0.3 is 19.3 Å². The number of allylic oxidation sites excluding steroid dienone is 3. The van der Waals surface area contributed by atoms with Crippen LogP contribution in [-0.4, -0.2) is 53.2 Å². The molecule has 24 heavy (non-hydrogen) atoms. The van der Waals surface area contributed by atoms with Crippen molar-refractivity contribution in [2.24, 2.45) is 11.3 Å². The van der Waals surface area contributed by atoms with Gasteiger partial charge in [-0.2, -0.15) is 0 Å². The first-order valence-corrected chi connectivity index (χ1v) is 9.32. The standard InChI is InChI=1S/C17H25BBrNO4/c1-12-6-7-17(19,18-23-10-16(2,3)11-24-18)13(9-12)14-5-4-8-20(14)15(21)22/h6-7,9,13-14H,4-5,8,10-11H2,1-3H3,(H,21,22). The van der Waals surface area contributed by atoms with Crippen molar-refractivity contribution >= 4 is 29.1 Å². The molecule has 2 heterocycles. The minimum absolute atomic E-state index is 0.0000476. The number of hydrogen-bond acceptors (Lipinski definition) is 3. The zero-order valence-electron chi connectivity index (χ0n) is 14.5. The van der Waals surface area contributed by atoms with Crippen molar-refractivity contribution in [3.63, 3.8) is 0 Å². The van der Waals surface area contributed by atoms with E-state index in [1.165, 1.54) is 0 Å². The SMILES string of the molecule is CC1=CC(C2CCCN2C(=O)O)C(Br)(B2OCC(C)(C)CO2)C=C1. The summed E-state index contributed by atoms with van der Waals surface area (Å²) < 4.78 is 11.5. The van der Waals surface area contributed by atoms with Crippen molar-refractivity contribution in [1.82, 2.24) is 4.90 Å². The Balaban J connectivity index is 1.87. The van der Waals surface area contributed by atoms with Crippen LogP contribution in [0.15, 0.2) is 23.8 Å². The third-order valence-corrected chi connectivity index (χ3v) is 6.29. The Bertz CT molecular complexity index is 569. The van der Waals surface area contributed by atoms with Gasteiger partial charge in [-0.25, -0.2) is 4.79 Å². The van der Waals surface area contributed by atoms with Crippen LogP contribution in [0.1, 0.15) is 33.6 Å². The Morgan fingerprint density at radius 1 is 1.42 bits per heavy atom. The number of alkyl halides is 1. The fraction of sp³-hybridized carbons (Fsp3) is 0.706. The largest absolute Gasteiger partial charge is 0.479 e. The van der Waals surface area contributed by atoms with Crippen molar-refractivity contribution in [3.05, 3.63) is 23.8 Å². The number of amides is 1. The normalized spacial score (nSPS) is 35.9. The van der Waals surface area contributed by atoms with Crippen LogP contribution in [0.2, 0.25) is 0 Å². The minimum Gasteiger partial charge on any atom is -0.465 e. The van der Waals surface area contributed by atoms with Gasteiger partial charge in [0.25, 0.3) is 0 Å². The van der Waals surface area contributed by atoms with Crippen LogP contribution < -0.4 is 0 Å². The molecule has 3 unspecified atom stereocenters. The first-order chi connectivity index (χ1) is 11.2. The summed E-state index contributed by atoms with van der Waals surface area (Å²) in [5, 5.41) is 9.54. The van der Waals surface area contributed by atoms with Gasteiger partial charge in [-0.15, -0.1) is 0 Å². The fourth-order valence-corrected chi connectivity index (χ4v) is 4.66. The number of rotatable bonds is 2. The minimum atomic E-state index is -0.848. The van der Waals surface area contributed by atoms with Crippen molar-refractivity contribution in [3.8, 4) is 0 Å². The van der Waals surface area contributed by atoms with Crippen molar-refractivity contribution < 1.29 is 19.2 Å². The summed E-state index contributed by atoms with van der Waals surface area (Å²) in [6.07, 6.45) is 7.20. The monoisotopic (exact) mass is 397 g/mol. The van der Waals surface area contributed by atoms with Gasteiger partial charge in [0.2, 0.25) is 0 Å². The molecule has 2 saturated heterocycles. The van der Waals surface area contributed by atoms with Gasteiger partial charge in [-0.05, 0) is 19.8 Å². The highest BCUT2D eigenvalue weighted by Crippen LogP contribution is 2.45. The summed E-state index contributed by atoms with van der Waals surface area (Å²) in [5.41, 5.74) is 1.14. The lowest BCUT2D eigenvalue weighted by atomic mass is 9.59. The molecule has 0 aromatic heterocycles. The molecule has 3 rings (SSSR count). The molecule has 132 valence electrons. The third kappa shape index (κ3) is 3.31. The smallest absolute Gasteiger partial charge is 0.465 e. The molecule has 0 radical (unpaired) electrons. The van der Waals surface area contributed by atoms with E-state index in [2.05, 4.69) is 48.0 Å². The van der Waals surface area contributed by atoms with Crippen LogP contribution in [0.5, 0.6) is 0 Å². The zero-order chi connectivity index (χ0) is 17.5. The molecule has 0 aromatic rings. The lowest BCUT2D eigenvalue weighted by molar-refractivity contribution is 0.0213. The van der Waals surface area contributed by atoms with E-state index in [0.717, 1.165) is 18.4 Å². The predicted molar refractivity (Wildman–Crippen MR) is 97.2 cm³/mol. The van der Waals surface area contributed by atoms with Crippen LogP contribution in [0, 0.1) is 11.3 Å². The van der Waals surface area contributed by atoms with Gasteiger partial charge in [-0.1, -0.05) is 53.6 Å². The van der Waals surface area contributed by atoms with Crippen LogP contribution >= 0.6 is 15.9 Å². The summed E-state index contributed by atoms with van der Waals surface area (Å²) in [4.78, 5) is 13.2.